The van der Waals surface area contributed by atoms with Crippen LogP contribution in [-0.4, -0.2) is 59.0 Å². The van der Waals surface area contributed by atoms with E-state index >= 15 is 0 Å². The number of nitrogens with zero attached hydrogens (tertiary/aromatic N) is 4. The lowest BCUT2D eigenvalue weighted by Crippen LogP contribution is -2.38. The van der Waals surface area contributed by atoms with Crippen molar-refractivity contribution in [3.8, 4) is 17.3 Å². The number of hydrogen-bond donors (Lipinski definition) is 2. The number of methoxy groups -OCH3 is 1. The zero-order valence-electron chi connectivity index (χ0n) is 15.7. The monoisotopic (exact) mass is 386 g/mol. The lowest BCUT2D eigenvalue weighted by Gasteiger charge is -2.24. The fourth-order valence-electron chi connectivity index (χ4n) is 3.24. The first-order chi connectivity index (χ1) is 13.8. The highest BCUT2D eigenvalue weighted by Crippen LogP contribution is 2.29. The summed E-state index contributed by atoms with van der Waals surface area (Å²) in [5, 5.41) is 10.8. The molecule has 0 aliphatic carbocycles. The molecule has 0 spiro atoms. The highest BCUT2D eigenvalue weighted by Gasteiger charge is 2.22. The number of nitrogens with one attached hydrogen (secondary N) is 2. The SMILES string of the molecule is COCCOc1nc(-c2cnn3ccccc23)nc(N[C@@H]2CCCNC2)c1F. The van der Waals surface area contributed by atoms with Gasteiger partial charge in [-0.2, -0.15) is 14.5 Å². The number of piperidine rings is 1. The van der Waals surface area contributed by atoms with Crippen molar-refractivity contribution in [2.24, 2.45) is 0 Å². The van der Waals surface area contributed by atoms with Crippen LogP contribution in [0.25, 0.3) is 16.9 Å². The van der Waals surface area contributed by atoms with Crippen molar-refractivity contribution in [2.45, 2.75) is 18.9 Å². The summed E-state index contributed by atoms with van der Waals surface area (Å²) in [6.45, 7) is 2.27. The Morgan fingerprint density at radius 1 is 1.32 bits per heavy atom. The van der Waals surface area contributed by atoms with Crippen LogP contribution < -0.4 is 15.4 Å². The Kier molecular flexibility index (Phi) is 5.63. The van der Waals surface area contributed by atoms with Gasteiger partial charge in [0.1, 0.15) is 6.61 Å². The molecule has 2 N–H and O–H groups in total. The summed E-state index contributed by atoms with van der Waals surface area (Å²) in [5.74, 6) is -0.187. The van der Waals surface area contributed by atoms with Gasteiger partial charge < -0.3 is 20.1 Å². The highest BCUT2D eigenvalue weighted by atomic mass is 19.1. The van der Waals surface area contributed by atoms with E-state index in [0.29, 0.717) is 18.0 Å². The van der Waals surface area contributed by atoms with Gasteiger partial charge in [0.25, 0.3) is 5.88 Å². The van der Waals surface area contributed by atoms with E-state index in [9.17, 15) is 4.39 Å². The third kappa shape index (κ3) is 3.90. The molecule has 148 valence electrons. The van der Waals surface area contributed by atoms with Crippen LogP contribution >= 0.6 is 0 Å². The number of fused-ring (bicyclic) bond motifs is 1. The van der Waals surface area contributed by atoms with Crippen LogP contribution in [0.1, 0.15) is 12.8 Å². The summed E-state index contributed by atoms with van der Waals surface area (Å²) in [6, 6.07) is 5.81. The number of rotatable bonds is 7. The van der Waals surface area contributed by atoms with Gasteiger partial charge in [-0.05, 0) is 31.5 Å². The molecule has 0 radical (unpaired) electrons. The van der Waals surface area contributed by atoms with E-state index in [2.05, 4.69) is 25.7 Å². The molecular weight excluding hydrogens is 363 g/mol. The van der Waals surface area contributed by atoms with Crippen LogP contribution in [0.15, 0.2) is 30.6 Å². The molecule has 0 unspecified atom stereocenters. The Balaban J connectivity index is 1.72. The quantitative estimate of drug-likeness (QED) is 0.602. The van der Waals surface area contributed by atoms with Crippen molar-refractivity contribution in [1.29, 1.82) is 0 Å². The predicted molar refractivity (Wildman–Crippen MR) is 103 cm³/mol. The molecule has 4 rings (SSSR count). The second kappa shape index (κ2) is 8.49. The van der Waals surface area contributed by atoms with Crippen molar-refractivity contribution in [3.05, 3.63) is 36.4 Å². The molecule has 0 bridgehead atoms. The Labute approximate surface area is 162 Å². The summed E-state index contributed by atoms with van der Waals surface area (Å²) < 4.78 is 27.2. The molecule has 4 heterocycles. The maximum absolute atomic E-state index is 15.0. The molecule has 1 fully saturated rings. The first-order valence-electron chi connectivity index (χ1n) is 9.35. The summed E-state index contributed by atoms with van der Waals surface area (Å²) in [5.41, 5.74) is 1.55. The predicted octanol–water partition coefficient (Wildman–Crippen LogP) is 2.12. The number of hydrogen-bond acceptors (Lipinski definition) is 7. The minimum absolute atomic E-state index is 0.0939. The van der Waals surface area contributed by atoms with Crippen LogP contribution in [0.5, 0.6) is 5.88 Å². The van der Waals surface area contributed by atoms with Gasteiger partial charge in [0.05, 0.1) is 23.9 Å². The average Bonchev–Trinajstić information content (AvgIpc) is 3.16. The Morgan fingerprint density at radius 2 is 2.25 bits per heavy atom. The van der Waals surface area contributed by atoms with Gasteiger partial charge in [-0.1, -0.05) is 6.07 Å². The molecule has 0 amide bonds. The molecule has 1 atom stereocenters. The number of halogens is 1. The molecule has 3 aromatic heterocycles. The standard InChI is InChI=1S/C19H23FN6O2/c1-27-9-10-28-19-16(20)18(23-13-5-4-7-21-11-13)24-17(25-19)14-12-22-26-8-3-2-6-15(14)26/h2-3,6,8,12-13,21H,4-5,7,9-11H2,1H3,(H,23,24,25)/t13-/m1/s1. The molecular formula is C19H23FN6O2. The zero-order valence-corrected chi connectivity index (χ0v) is 15.7. The summed E-state index contributed by atoms with van der Waals surface area (Å²) in [7, 11) is 1.56. The van der Waals surface area contributed by atoms with Gasteiger partial charge in [-0.3, -0.25) is 0 Å². The molecule has 3 aromatic rings. The third-order valence-corrected chi connectivity index (χ3v) is 4.65. The van der Waals surface area contributed by atoms with E-state index in [1.807, 2.05) is 24.4 Å². The van der Waals surface area contributed by atoms with Crippen LogP contribution in [0.4, 0.5) is 10.2 Å². The number of aromatic nitrogens is 4. The minimum atomic E-state index is -0.595. The first-order valence-corrected chi connectivity index (χ1v) is 9.35. The largest absolute Gasteiger partial charge is 0.473 e. The van der Waals surface area contributed by atoms with E-state index in [1.165, 1.54) is 0 Å². The second-order valence-corrected chi connectivity index (χ2v) is 6.63. The number of pyridine rings is 1. The topological polar surface area (TPSA) is 85.6 Å². The minimum Gasteiger partial charge on any atom is -0.473 e. The maximum atomic E-state index is 15.0. The van der Waals surface area contributed by atoms with Crippen molar-refractivity contribution >= 4 is 11.3 Å². The normalized spacial score (nSPS) is 17.0. The third-order valence-electron chi connectivity index (χ3n) is 4.65. The number of ether oxygens (including phenoxy) is 2. The van der Waals surface area contributed by atoms with Gasteiger partial charge in [0, 0.05) is 25.9 Å². The van der Waals surface area contributed by atoms with Gasteiger partial charge in [-0.15, -0.1) is 0 Å². The molecule has 1 aliphatic heterocycles. The lowest BCUT2D eigenvalue weighted by molar-refractivity contribution is 0.141. The Morgan fingerprint density at radius 3 is 3.07 bits per heavy atom. The molecule has 0 aromatic carbocycles. The van der Waals surface area contributed by atoms with Gasteiger partial charge >= 0.3 is 0 Å². The summed E-state index contributed by atoms with van der Waals surface area (Å²) in [4.78, 5) is 8.78. The summed E-state index contributed by atoms with van der Waals surface area (Å²) >= 11 is 0. The van der Waals surface area contributed by atoms with E-state index in [4.69, 9.17) is 9.47 Å². The number of anilines is 1. The lowest BCUT2D eigenvalue weighted by atomic mass is 10.1. The van der Waals surface area contributed by atoms with E-state index in [0.717, 1.165) is 31.4 Å². The second-order valence-electron chi connectivity index (χ2n) is 6.63. The first kappa shape index (κ1) is 18.6. The van der Waals surface area contributed by atoms with Crippen LogP contribution in [0.3, 0.4) is 0 Å². The Bertz CT molecular complexity index is 941. The molecule has 8 nitrogen and oxygen atoms in total. The van der Waals surface area contributed by atoms with Crippen molar-refractivity contribution in [2.75, 3.05) is 38.7 Å². The van der Waals surface area contributed by atoms with Crippen molar-refractivity contribution in [1.82, 2.24) is 24.9 Å². The summed E-state index contributed by atoms with van der Waals surface area (Å²) in [6.07, 6.45) is 5.49. The van der Waals surface area contributed by atoms with Crippen LogP contribution in [0, 0.1) is 5.82 Å². The van der Waals surface area contributed by atoms with Crippen molar-refractivity contribution < 1.29 is 13.9 Å². The van der Waals surface area contributed by atoms with Crippen molar-refractivity contribution in [3.63, 3.8) is 0 Å². The van der Waals surface area contributed by atoms with Gasteiger partial charge in [-0.25, -0.2) is 9.50 Å². The van der Waals surface area contributed by atoms with Crippen LogP contribution in [-0.2, 0) is 4.74 Å². The molecule has 28 heavy (non-hydrogen) atoms. The van der Waals surface area contributed by atoms with E-state index in [1.54, 1.807) is 17.8 Å². The molecule has 1 aliphatic rings. The van der Waals surface area contributed by atoms with Gasteiger partial charge in [0.2, 0.25) is 5.82 Å². The zero-order chi connectivity index (χ0) is 19.3. The molecule has 0 saturated carbocycles. The highest BCUT2D eigenvalue weighted by molar-refractivity contribution is 5.76. The van der Waals surface area contributed by atoms with Gasteiger partial charge in [0.15, 0.2) is 11.6 Å². The fourth-order valence-corrected chi connectivity index (χ4v) is 3.24. The smallest absolute Gasteiger partial charge is 0.256 e. The van der Waals surface area contributed by atoms with E-state index < -0.39 is 5.82 Å². The molecule has 1 saturated heterocycles. The molecule has 9 heteroatoms. The fraction of sp³-hybridized carbons (Fsp3) is 0.421. The Hall–Kier alpha value is -2.78. The van der Waals surface area contributed by atoms with Crippen LogP contribution in [0.2, 0.25) is 0 Å². The maximum Gasteiger partial charge on any atom is 0.256 e. The average molecular weight is 386 g/mol. The van der Waals surface area contributed by atoms with E-state index in [-0.39, 0.29) is 24.3 Å².